The summed E-state index contributed by atoms with van der Waals surface area (Å²) < 4.78 is 0. The van der Waals surface area contributed by atoms with Crippen LogP contribution in [0.15, 0.2) is 0 Å². The zero-order chi connectivity index (χ0) is 6.36. The normalized spacial score (nSPS) is 24.0. The molecule has 9 heavy (non-hydrogen) atoms. The third-order valence-electron chi connectivity index (χ3n) is 2.25. The monoisotopic (exact) mass is 142 g/mol. The molecule has 1 heterocycles. The molecule has 0 radical (unpaired) electrons. The van der Waals surface area contributed by atoms with Crippen molar-refractivity contribution in [2.75, 3.05) is 0 Å². The molecule has 1 heteroatoms. The molecule has 0 saturated carbocycles. The standard InChI is InChI=1S/C8H18Si/c1-2-4-6-8-9-7-5-3-1/h1-9H2. The summed E-state index contributed by atoms with van der Waals surface area (Å²) in [6, 6.07) is 3.28. The molecule has 0 N–H and O–H groups in total. The van der Waals surface area contributed by atoms with Gasteiger partial charge in [0.25, 0.3) is 0 Å². The largest absolute Gasteiger partial charge is 0.0628 e. The summed E-state index contributed by atoms with van der Waals surface area (Å²) in [6.45, 7) is 0. The molecule has 54 valence electrons. The molecule has 0 bridgehead atoms. The van der Waals surface area contributed by atoms with E-state index < -0.39 is 0 Å². The van der Waals surface area contributed by atoms with Gasteiger partial charge in [-0.25, -0.2) is 0 Å². The van der Waals surface area contributed by atoms with E-state index in [4.69, 9.17) is 0 Å². The zero-order valence-corrected chi connectivity index (χ0v) is 7.78. The Morgan fingerprint density at radius 1 is 0.556 bits per heavy atom. The van der Waals surface area contributed by atoms with Crippen molar-refractivity contribution >= 4 is 9.52 Å². The van der Waals surface area contributed by atoms with E-state index in [9.17, 15) is 0 Å². The first-order valence-corrected chi connectivity index (χ1v) is 6.50. The van der Waals surface area contributed by atoms with Crippen molar-refractivity contribution in [2.24, 2.45) is 0 Å². The lowest BCUT2D eigenvalue weighted by Crippen LogP contribution is -1.85. The second kappa shape index (κ2) is 5.04. The van der Waals surface area contributed by atoms with Crippen LogP contribution in [0.1, 0.15) is 38.5 Å². The van der Waals surface area contributed by atoms with Crippen molar-refractivity contribution in [1.29, 1.82) is 0 Å². The van der Waals surface area contributed by atoms with Gasteiger partial charge in [-0.05, 0) is 0 Å². The van der Waals surface area contributed by atoms with Gasteiger partial charge in [0.15, 0.2) is 0 Å². The van der Waals surface area contributed by atoms with Crippen LogP contribution in [0.4, 0.5) is 0 Å². The molecule has 1 aliphatic rings. The van der Waals surface area contributed by atoms with Gasteiger partial charge in [0.1, 0.15) is 0 Å². The third kappa shape index (κ3) is 3.74. The molecule has 1 aliphatic heterocycles. The van der Waals surface area contributed by atoms with Crippen LogP contribution in [0.3, 0.4) is 0 Å². The lowest BCUT2D eigenvalue weighted by molar-refractivity contribution is 0.633. The van der Waals surface area contributed by atoms with E-state index in [-0.39, 0.29) is 0 Å². The van der Waals surface area contributed by atoms with Crippen LogP contribution in [0.2, 0.25) is 12.1 Å². The van der Waals surface area contributed by atoms with Crippen molar-refractivity contribution in [1.82, 2.24) is 0 Å². The Hall–Kier alpha value is 0.217. The van der Waals surface area contributed by atoms with Gasteiger partial charge in [0.2, 0.25) is 0 Å². The fourth-order valence-corrected chi connectivity index (χ4v) is 3.36. The molecule has 1 rings (SSSR count). The Bertz CT molecular complexity index is 33.1. The summed E-state index contributed by atoms with van der Waals surface area (Å²) in [5, 5.41) is 0. The van der Waals surface area contributed by atoms with Crippen LogP contribution < -0.4 is 0 Å². The third-order valence-corrected chi connectivity index (χ3v) is 4.25. The van der Waals surface area contributed by atoms with Crippen LogP contribution in [0.25, 0.3) is 0 Å². The molecule has 0 aromatic heterocycles. The van der Waals surface area contributed by atoms with E-state index in [1.807, 2.05) is 0 Å². The molecule has 0 aliphatic carbocycles. The van der Waals surface area contributed by atoms with Gasteiger partial charge >= 0.3 is 0 Å². The molecule has 0 aromatic carbocycles. The van der Waals surface area contributed by atoms with Crippen LogP contribution in [0.5, 0.6) is 0 Å². The maximum atomic E-state index is 1.64. The smallest absolute Gasteiger partial charge is 0.0197 e. The molecule has 0 aromatic rings. The molecule has 0 nitrogen and oxygen atoms in total. The van der Waals surface area contributed by atoms with E-state index in [0.29, 0.717) is 9.52 Å². The first-order chi connectivity index (χ1) is 4.50. The molecule has 0 spiro atoms. The Kier molecular flexibility index (Phi) is 4.10. The second-order valence-corrected chi connectivity index (χ2v) is 5.30. The minimum Gasteiger partial charge on any atom is -0.0628 e. The minimum atomic E-state index is 0.429. The zero-order valence-electron chi connectivity index (χ0n) is 6.36. The summed E-state index contributed by atoms with van der Waals surface area (Å²) in [5.74, 6) is 0. The van der Waals surface area contributed by atoms with Crippen LogP contribution in [-0.4, -0.2) is 9.52 Å². The Balaban J connectivity index is 2.02. The predicted octanol–water partition coefficient (Wildman–Crippen LogP) is 2.35. The van der Waals surface area contributed by atoms with Gasteiger partial charge in [-0.3, -0.25) is 0 Å². The van der Waals surface area contributed by atoms with Crippen LogP contribution in [0, 0.1) is 0 Å². The van der Waals surface area contributed by atoms with Gasteiger partial charge < -0.3 is 0 Å². The summed E-state index contributed by atoms with van der Waals surface area (Å²) in [4.78, 5) is 0. The van der Waals surface area contributed by atoms with Crippen molar-refractivity contribution < 1.29 is 0 Å². The summed E-state index contributed by atoms with van der Waals surface area (Å²) >= 11 is 0. The second-order valence-electron chi connectivity index (χ2n) is 3.18. The van der Waals surface area contributed by atoms with Gasteiger partial charge in [-0.1, -0.05) is 50.6 Å². The number of hydrogen-bond donors (Lipinski definition) is 0. The first kappa shape index (κ1) is 7.33. The van der Waals surface area contributed by atoms with E-state index in [2.05, 4.69) is 0 Å². The van der Waals surface area contributed by atoms with E-state index >= 15 is 0 Å². The van der Waals surface area contributed by atoms with E-state index in [0.717, 1.165) is 0 Å². The average Bonchev–Trinajstić information content (AvgIpc) is 2.00. The molecule has 1 fully saturated rings. The highest BCUT2D eigenvalue weighted by Gasteiger charge is 1.96. The molecular formula is C8H18Si. The lowest BCUT2D eigenvalue weighted by Gasteiger charge is -1.93. The lowest BCUT2D eigenvalue weighted by atomic mass is 10.1. The van der Waals surface area contributed by atoms with Crippen molar-refractivity contribution in [3.05, 3.63) is 0 Å². The van der Waals surface area contributed by atoms with Gasteiger partial charge in [-0.2, -0.15) is 0 Å². The number of rotatable bonds is 0. The van der Waals surface area contributed by atoms with Gasteiger partial charge in [-0.15, -0.1) is 0 Å². The molecule has 0 atom stereocenters. The summed E-state index contributed by atoms with van der Waals surface area (Å²) in [7, 11) is 0.429. The molecule has 1 saturated heterocycles. The Morgan fingerprint density at radius 3 is 1.56 bits per heavy atom. The summed E-state index contributed by atoms with van der Waals surface area (Å²) in [5.41, 5.74) is 0. The maximum absolute atomic E-state index is 1.64. The van der Waals surface area contributed by atoms with Crippen molar-refractivity contribution in [2.45, 2.75) is 50.6 Å². The number of hydrogen-bond acceptors (Lipinski definition) is 0. The van der Waals surface area contributed by atoms with Gasteiger partial charge in [0, 0.05) is 9.52 Å². The fourth-order valence-electron chi connectivity index (χ4n) is 1.59. The molecule has 0 amide bonds. The maximum Gasteiger partial charge on any atom is 0.0197 e. The van der Waals surface area contributed by atoms with Crippen LogP contribution in [-0.2, 0) is 0 Å². The SMILES string of the molecule is C1CCCC[SiH2]CCC1. The van der Waals surface area contributed by atoms with E-state index in [1.54, 1.807) is 24.9 Å². The Morgan fingerprint density at radius 2 is 1.00 bits per heavy atom. The van der Waals surface area contributed by atoms with Crippen molar-refractivity contribution in [3.63, 3.8) is 0 Å². The topological polar surface area (TPSA) is 0 Å². The van der Waals surface area contributed by atoms with E-state index in [1.165, 1.54) is 25.7 Å². The summed E-state index contributed by atoms with van der Waals surface area (Å²) in [6.07, 6.45) is 9.24. The highest BCUT2D eigenvalue weighted by atomic mass is 28.2. The molecule has 0 unspecified atom stereocenters. The van der Waals surface area contributed by atoms with Crippen molar-refractivity contribution in [3.8, 4) is 0 Å². The van der Waals surface area contributed by atoms with Gasteiger partial charge in [0.05, 0.1) is 0 Å². The Labute approximate surface area is 60.9 Å². The minimum absolute atomic E-state index is 0.429. The fraction of sp³-hybridized carbons (Fsp3) is 1.00. The highest BCUT2D eigenvalue weighted by molar-refractivity contribution is 6.35. The first-order valence-electron chi connectivity index (χ1n) is 4.50. The van der Waals surface area contributed by atoms with Crippen LogP contribution >= 0.6 is 0 Å². The highest BCUT2D eigenvalue weighted by Crippen LogP contribution is 2.12. The quantitative estimate of drug-likeness (QED) is 0.455. The average molecular weight is 142 g/mol. The molecular weight excluding hydrogens is 124 g/mol. The predicted molar refractivity (Wildman–Crippen MR) is 45.9 cm³/mol.